The Labute approximate surface area is 127 Å². The molecule has 0 heterocycles. The predicted octanol–water partition coefficient (Wildman–Crippen LogP) is 2.76. The van der Waals surface area contributed by atoms with E-state index in [1.165, 1.54) is 26.2 Å². The summed E-state index contributed by atoms with van der Waals surface area (Å²) in [6, 6.07) is 0. The van der Waals surface area contributed by atoms with Gasteiger partial charge in [0.2, 0.25) is 0 Å². The maximum Gasteiger partial charge on any atom is 0.333 e. The number of ether oxygens (including phenoxy) is 2. The van der Waals surface area contributed by atoms with Gasteiger partial charge in [-0.05, 0) is 13.3 Å². The first-order valence-corrected chi connectivity index (χ1v) is 7.63. The molecule has 0 aliphatic carbocycles. The fourth-order valence-electron chi connectivity index (χ4n) is 1.65. The molecule has 0 fully saturated rings. The SMILES string of the molecule is C=C(C)C(=O)OCC(O)COC(=O)CCCCCCCC. The standard InChI is InChI=1S/C16H28O5/c1-4-5-6-7-8-9-10-15(18)20-11-14(17)12-21-16(19)13(2)3/h14,17H,2,4-12H2,1,3H3. The van der Waals surface area contributed by atoms with E-state index in [-0.39, 0.29) is 24.8 Å². The van der Waals surface area contributed by atoms with Crippen LogP contribution in [0.3, 0.4) is 0 Å². The second kappa shape index (κ2) is 12.4. The highest BCUT2D eigenvalue weighted by Crippen LogP contribution is 2.07. The summed E-state index contributed by atoms with van der Waals surface area (Å²) < 4.78 is 9.68. The zero-order chi connectivity index (χ0) is 16.1. The van der Waals surface area contributed by atoms with Crippen molar-refractivity contribution in [2.75, 3.05) is 13.2 Å². The van der Waals surface area contributed by atoms with Crippen molar-refractivity contribution in [1.29, 1.82) is 0 Å². The van der Waals surface area contributed by atoms with E-state index in [2.05, 4.69) is 13.5 Å². The fraction of sp³-hybridized carbons (Fsp3) is 0.750. The van der Waals surface area contributed by atoms with Crippen LogP contribution < -0.4 is 0 Å². The Morgan fingerprint density at radius 2 is 1.62 bits per heavy atom. The number of esters is 2. The molecule has 0 saturated heterocycles. The Morgan fingerprint density at radius 1 is 1.05 bits per heavy atom. The molecule has 122 valence electrons. The van der Waals surface area contributed by atoms with Crippen LogP contribution in [0.2, 0.25) is 0 Å². The highest BCUT2D eigenvalue weighted by molar-refractivity contribution is 5.86. The molecule has 0 aliphatic rings. The number of rotatable bonds is 12. The lowest BCUT2D eigenvalue weighted by Gasteiger charge is -2.12. The van der Waals surface area contributed by atoms with Crippen LogP contribution >= 0.6 is 0 Å². The average molecular weight is 300 g/mol. The highest BCUT2D eigenvalue weighted by atomic mass is 16.6. The summed E-state index contributed by atoms with van der Waals surface area (Å²) in [5.74, 6) is -0.886. The molecule has 0 aromatic rings. The predicted molar refractivity (Wildman–Crippen MR) is 80.7 cm³/mol. The van der Waals surface area contributed by atoms with Gasteiger partial charge < -0.3 is 14.6 Å². The number of carbonyl (C=O) groups is 2. The van der Waals surface area contributed by atoms with Crippen LogP contribution in [0.5, 0.6) is 0 Å². The Bertz CT molecular complexity index is 325. The second-order valence-corrected chi connectivity index (χ2v) is 5.23. The summed E-state index contributed by atoms with van der Waals surface area (Å²) in [4.78, 5) is 22.5. The van der Waals surface area contributed by atoms with Crippen molar-refractivity contribution >= 4 is 11.9 Å². The first-order valence-electron chi connectivity index (χ1n) is 7.63. The van der Waals surface area contributed by atoms with Gasteiger partial charge in [0.15, 0.2) is 0 Å². The second-order valence-electron chi connectivity index (χ2n) is 5.23. The average Bonchev–Trinajstić information content (AvgIpc) is 2.45. The van der Waals surface area contributed by atoms with E-state index in [9.17, 15) is 14.7 Å². The van der Waals surface area contributed by atoms with Crippen molar-refractivity contribution < 1.29 is 24.2 Å². The van der Waals surface area contributed by atoms with E-state index in [1.807, 2.05) is 0 Å². The number of unbranched alkanes of at least 4 members (excludes halogenated alkanes) is 5. The summed E-state index contributed by atoms with van der Waals surface area (Å²) in [5.41, 5.74) is 0.266. The van der Waals surface area contributed by atoms with Crippen molar-refractivity contribution in [3.8, 4) is 0 Å². The molecule has 5 nitrogen and oxygen atoms in total. The molecular formula is C16H28O5. The van der Waals surface area contributed by atoms with Gasteiger partial charge in [-0.3, -0.25) is 4.79 Å². The third-order valence-electron chi connectivity index (χ3n) is 2.93. The van der Waals surface area contributed by atoms with E-state index >= 15 is 0 Å². The van der Waals surface area contributed by atoms with E-state index in [1.54, 1.807) is 0 Å². The van der Waals surface area contributed by atoms with Crippen molar-refractivity contribution in [2.45, 2.75) is 64.9 Å². The first kappa shape index (κ1) is 19.6. The van der Waals surface area contributed by atoms with Gasteiger partial charge >= 0.3 is 11.9 Å². The lowest BCUT2D eigenvalue weighted by atomic mass is 10.1. The maximum absolute atomic E-state index is 11.4. The smallest absolute Gasteiger partial charge is 0.333 e. The Balaban J connectivity index is 3.55. The zero-order valence-electron chi connectivity index (χ0n) is 13.2. The summed E-state index contributed by atoms with van der Waals surface area (Å²) in [6.45, 7) is 6.76. The molecule has 1 unspecified atom stereocenters. The monoisotopic (exact) mass is 300 g/mol. The van der Waals surface area contributed by atoms with Crippen LogP contribution in [0, 0.1) is 0 Å². The molecule has 0 aromatic heterocycles. The number of carbonyl (C=O) groups excluding carboxylic acids is 2. The minimum Gasteiger partial charge on any atom is -0.463 e. The van der Waals surface area contributed by atoms with Gasteiger partial charge in [0.25, 0.3) is 0 Å². The topological polar surface area (TPSA) is 72.8 Å². The van der Waals surface area contributed by atoms with Gasteiger partial charge in [0.05, 0.1) is 0 Å². The van der Waals surface area contributed by atoms with Crippen LogP contribution in [0.1, 0.15) is 58.8 Å². The number of aliphatic hydroxyl groups excluding tert-OH is 1. The van der Waals surface area contributed by atoms with Gasteiger partial charge in [-0.15, -0.1) is 0 Å². The van der Waals surface area contributed by atoms with Gasteiger partial charge in [0.1, 0.15) is 19.3 Å². The lowest BCUT2D eigenvalue weighted by molar-refractivity contribution is -0.150. The molecule has 1 N–H and O–H groups in total. The van der Waals surface area contributed by atoms with Crippen LogP contribution in [-0.2, 0) is 19.1 Å². The van der Waals surface area contributed by atoms with Crippen LogP contribution in [-0.4, -0.2) is 36.4 Å². The van der Waals surface area contributed by atoms with Gasteiger partial charge in [0, 0.05) is 12.0 Å². The Hall–Kier alpha value is -1.36. The molecule has 0 saturated carbocycles. The molecule has 1 atom stereocenters. The molecular weight excluding hydrogens is 272 g/mol. The molecule has 0 bridgehead atoms. The van der Waals surface area contributed by atoms with E-state index in [4.69, 9.17) is 9.47 Å². The maximum atomic E-state index is 11.4. The molecule has 0 spiro atoms. The van der Waals surface area contributed by atoms with Gasteiger partial charge in [-0.2, -0.15) is 0 Å². The highest BCUT2D eigenvalue weighted by Gasteiger charge is 2.12. The van der Waals surface area contributed by atoms with Gasteiger partial charge in [-0.1, -0.05) is 45.6 Å². The summed E-state index contributed by atoms with van der Waals surface area (Å²) in [6.07, 6.45) is 5.98. The third-order valence-corrected chi connectivity index (χ3v) is 2.93. The Morgan fingerprint density at radius 3 is 2.24 bits per heavy atom. The first-order chi connectivity index (χ1) is 9.97. The number of aliphatic hydroxyl groups is 1. The van der Waals surface area contributed by atoms with Crippen LogP contribution in [0.4, 0.5) is 0 Å². The van der Waals surface area contributed by atoms with Crippen molar-refractivity contribution in [3.05, 3.63) is 12.2 Å². The number of hydrogen-bond acceptors (Lipinski definition) is 5. The van der Waals surface area contributed by atoms with E-state index in [0.29, 0.717) is 6.42 Å². The lowest BCUT2D eigenvalue weighted by Crippen LogP contribution is -2.25. The summed E-state index contributed by atoms with van der Waals surface area (Å²) in [7, 11) is 0. The molecule has 0 aromatic carbocycles. The fourth-order valence-corrected chi connectivity index (χ4v) is 1.65. The van der Waals surface area contributed by atoms with Crippen LogP contribution in [0.15, 0.2) is 12.2 Å². The Kier molecular flexibility index (Phi) is 11.6. The number of hydrogen-bond donors (Lipinski definition) is 1. The zero-order valence-corrected chi connectivity index (χ0v) is 13.2. The third kappa shape index (κ3) is 12.1. The minimum absolute atomic E-state index is 0.155. The van der Waals surface area contributed by atoms with Crippen molar-refractivity contribution in [1.82, 2.24) is 0 Å². The van der Waals surface area contributed by atoms with Gasteiger partial charge in [-0.25, -0.2) is 4.79 Å². The van der Waals surface area contributed by atoms with E-state index in [0.717, 1.165) is 19.3 Å². The quantitative estimate of drug-likeness (QED) is 0.341. The molecule has 0 rings (SSSR count). The van der Waals surface area contributed by atoms with Crippen molar-refractivity contribution in [2.24, 2.45) is 0 Å². The summed E-state index contributed by atoms with van der Waals surface area (Å²) >= 11 is 0. The molecule has 0 amide bonds. The molecule has 0 aliphatic heterocycles. The molecule has 5 heteroatoms. The normalized spacial score (nSPS) is 11.8. The van der Waals surface area contributed by atoms with Crippen LogP contribution in [0.25, 0.3) is 0 Å². The molecule has 21 heavy (non-hydrogen) atoms. The largest absolute Gasteiger partial charge is 0.463 e. The van der Waals surface area contributed by atoms with Crippen molar-refractivity contribution in [3.63, 3.8) is 0 Å². The molecule has 0 radical (unpaired) electrons. The van der Waals surface area contributed by atoms with E-state index < -0.39 is 12.1 Å². The summed E-state index contributed by atoms with van der Waals surface area (Å²) in [5, 5.41) is 9.51. The minimum atomic E-state index is -0.998.